The summed E-state index contributed by atoms with van der Waals surface area (Å²) in [5.41, 5.74) is 0.119. The smallest absolute Gasteiger partial charge is 0.237 e. The van der Waals surface area contributed by atoms with Gasteiger partial charge >= 0.3 is 0 Å². The zero-order valence-electron chi connectivity index (χ0n) is 11.5. The Morgan fingerprint density at radius 3 is 2.80 bits per heavy atom. The van der Waals surface area contributed by atoms with Gasteiger partial charge in [-0.25, -0.2) is 8.78 Å². The zero-order valence-corrected chi connectivity index (χ0v) is 11.5. The molecule has 2 rings (SSSR count). The van der Waals surface area contributed by atoms with Crippen molar-refractivity contribution in [3.05, 3.63) is 35.4 Å². The van der Waals surface area contributed by atoms with Crippen LogP contribution in [0.4, 0.5) is 8.78 Å². The summed E-state index contributed by atoms with van der Waals surface area (Å²) in [6, 6.07) is 2.56. The number of aliphatic hydroxyl groups excluding tert-OH is 1. The lowest BCUT2D eigenvalue weighted by molar-refractivity contribution is -0.133. The van der Waals surface area contributed by atoms with Crippen LogP contribution < -0.4 is 0 Å². The number of halogens is 2. The van der Waals surface area contributed by atoms with Crippen molar-refractivity contribution in [3.63, 3.8) is 0 Å². The van der Waals surface area contributed by atoms with Crippen molar-refractivity contribution in [2.75, 3.05) is 27.2 Å². The lowest BCUT2D eigenvalue weighted by Crippen LogP contribution is -2.38. The van der Waals surface area contributed by atoms with Gasteiger partial charge in [0.15, 0.2) is 0 Å². The molecule has 1 aliphatic heterocycles. The van der Waals surface area contributed by atoms with Crippen LogP contribution in [0.1, 0.15) is 18.0 Å². The first-order chi connectivity index (χ1) is 9.38. The Bertz CT molecular complexity index is 508. The minimum Gasteiger partial charge on any atom is -0.391 e. The molecule has 0 spiro atoms. The Morgan fingerprint density at radius 1 is 1.45 bits per heavy atom. The Balaban J connectivity index is 2.28. The summed E-state index contributed by atoms with van der Waals surface area (Å²) in [6.45, 7) is 0.313. The first-order valence-electron chi connectivity index (χ1n) is 6.45. The third-order valence-electron chi connectivity index (χ3n) is 3.37. The van der Waals surface area contributed by atoms with Crippen LogP contribution in [0.3, 0.4) is 0 Å². The third kappa shape index (κ3) is 3.13. The summed E-state index contributed by atoms with van der Waals surface area (Å²) in [5, 5.41) is 9.75. The first-order valence-corrected chi connectivity index (χ1v) is 6.45. The zero-order chi connectivity index (χ0) is 14.9. The van der Waals surface area contributed by atoms with Crippen molar-refractivity contribution in [2.45, 2.75) is 18.6 Å². The molecule has 0 aliphatic carbocycles. The molecule has 0 radical (unpaired) electrons. The van der Waals surface area contributed by atoms with Gasteiger partial charge in [0, 0.05) is 12.1 Å². The average Bonchev–Trinajstić information content (AvgIpc) is 2.73. The Kier molecular flexibility index (Phi) is 4.35. The van der Waals surface area contributed by atoms with Crippen LogP contribution in [0.15, 0.2) is 18.2 Å². The van der Waals surface area contributed by atoms with E-state index in [4.69, 9.17) is 0 Å². The van der Waals surface area contributed by atoms with E-state index < -0.39 is 23.8 Å². The van der Waals surface area contributed by atoms with Gasteiger partial charge in [-0.15, -0.1) is 0 Å². The molecule has 4 nitrogen and oxygen atoms in total. The van der Waals surface area contributed by atoms with Gasteiger partial charge in [-0.05, 0) is 38.7 Å². The van der Waals surface area contributed by atoms with Crippen LogP contribution in [0.5, 0.6) is 0 Å². The highest BCUT2D eigenvalue weighted by Crippen LogP contribution is 2.34. The van der Waals surface area contributed by atoms with Crippen LogP contribution >= 0.6 is 0 Å². The molecule has 1 aliphatic rings. The number of β-amino-alcohol motifs (C(OH)–C–C–N with tert-alkyl or cyclic N) is 1. The highest BCUT2D eigenvalue weighted by Gasteiger charge is 2.36. The Hall–Kier alpha value is -1.53. The molecule has 1 saturated heterocycles. The molecule has 20 heavy (non-hydrogen) atoms. The highest BCUT2D eigenvalue weighted by atomic mass is 19.1. The molecule has 1 fully saturated rings. The number of carbonyl (C=O) groups excluding carboxylic acids is 1. The maximum Gasteiger partial charge on any atom is 0.237 e. The van der Waals surface area contributed by atoms with Gasteiger partial charge in [0.2, 0.25) is 5.91 Å². The molecule has 1 aromatic rings. The highest BCUT2D eigenvalue weighted by molar-refractivity contribution is 5.79. The molecular weight excluding hydrogens is 266 g/mol. The van der Waals surface area contributed by atoms with E-state index in [1.54, 1.807) is 19.0 Å². The number of aliphatic hydroxyl groups is 1. The number of rotatable bonds is 3. The largest absolute Gasteiger partial charge is 0.391 e. The van der Waals surface area contributed by atoms with Crippen LogP contribution in [-0.4, -0.2) is 54.1 Å². The number of amides is 1. The van der Waals surface area contributed by atoms with Crippen molar-refractivity contribution < 1.29 is 18.7 Å². The molecule has 110 valence electrons. The molecule has 1 amide bonds. The van der Waals surface area contributed by atoms with Gasteiger partial charge < -0.3 is 14.9 Å². The summed E-state index contributed by atoms with van der Waals surface area (Å²) in [6.07, 6.45) is -0.492. The lowest BCUT2D eigenvalue weighted by Gasteiger charge is -2.26. The van der Waals surface area contributed by atoms with E-state index in [-0.39, 0.29) is 31.0 Å². The monoisotopic (exact) mass is 284 g/mol. The molecular formula is C14H18F2N2O2. The van der Waals surface area contributed by atoms with Crippen LogP contribution in [0.25, 0.3) is 0 Å². The first kappa shape index (κ1) is 14.9. The summed E-state index contributed by atoms with van der Waals surface area (Å²) in [5.74, 6) is -1.32. The normalized spacial score (nSPS) is 22.6. The summed E-state index contributed by atoms with van der Waals surface area (Å²) < 4.78 is 27.1. The van der Waals surface area contributed by atoms with E-state index in [2.05, 4.69) is 0 Å². The predicted octanol–water partition coefficient (Wildman–Crippen LogP) is 1.16. The molecule has 0 aromatic heterocycles. The second-order valence-corrected chi connectivity index (χ2v) is 5.36. The second-order valence-electron chi connectivity index (χ2n) is 5.36. The minimum atomic E-state index is -0.714. The fraction of sp³-hybridized carbons (Fsp3) is 0.500. The summed E-state index contributed by atoms with van der Waals surface area (Å²) >= 11 is 0. The number of likely N-dealkylation sites (N-methyl/N-ethyl adjacent to an activating group) is 1. The van der Waals surface area contributed by atoms with E-state index in [0.717, 1.165) is 18.2 Å². The van der Waals surface area contributed by atoms with Crippen molar-refractivity contribution in [2.24, 2.45) is 0 Å². The maximum absolute atomic E-state index is 13.9. The minimum absolute atomic E-state index is 0.119. The fourth-order valence-electron chi connectivity index (χ4n) is 2.52. The van der Waals surface area contributed by atoms with Gasteiger partial charge in [-0.1, -0.05) is 0 Å². The average molecular weight is 284 g/mol. The number of likely N-dealkylation sites (tertiary alicyclic amines) is 1. The van der Waals surface area contributed by atoms with Crippen LogP contribution in [0.2, 0.25) is 0 Å². The number of nitrogens with zero attached hydrogens (tertiary/aromatic N) is 2. The number of hydrogen-bond acceptors (Lipinski definition) is 3. The molecule has 1 aromatic carbocycles. The van der Waals surface area contributed by atoms with E-state index in [1.807, 2.05) is 0 Å². The van der Waals surface area contributed by atoms with Gasteiger partial charge in [-0.2, -0.15) is 0 Å². The third-order valence-corrected chi connectivity index (χ3v) is 3.37. The predicted molar refractivity (Wildman–Crippen MR) is 70.0 cm³/mol. The van der Waals surface area contributed by atoms with Crippen LogP contribution in [-0.2, 0) is 4.79 Å². The quantitative estimate of drug-likeness (QED) is 0.906. The number of carbonyl (C=O) groups is 1. The standard InChI is InChI=1S/C14H18F2N2O2/c1-17(2)8-14(20)18-7-10(19)6-13(18)11-5-9(15)3-4-12(11)16/h3-5,10,13,19H,6-8H2,1-2H3/t10-,13+/m1/s1. The van der Waals surface area contributed by atoms with E-state index in [1.165, 1.54) is 4.90 Å². The molecule has 0 unspecified atom stereocenters. The van der Waals surface area contributed by atoms with E-state index >= 15 is 0 Å². The van der Waals surface area contributed by atoms with Gasteiger partial charge in [-0.3, -0.25) is 4.79 Å². The molecule has 0 saturated carbocycles. The maximum atomic E-state index is 13.9. The van der Waals surface area contributed by atoms with E-state index in [0.29, 0.717) is 0 Å². The van der Waals surface area contributed by atoms with Crippen molar-refractivity contribution in [3.8, 4) is 0 Å². The van der Waals surface area contributed by atoms with Crippen molar-refractivity contribution >= 4 is 5.91 Å². The molecule has 2 atom stereocenters. The van der Waals surface area contributed by atoms with Crippen molar-refractivity contribution in [1.82, 2.24) is 9.80 Å². The molecule has 1 N–H and O–H groups in total. The SMILES string of the molecule is CN(C)CC(=O)N1C[C@H](O)C[C@H]1c1cc(F)ccc1F. The molecule has 0 bridgehead atoms. The Labute approximate surface area is 116 Å². The fourth-order valence-corrected chi connectivity index (χ4v) is 2.52. The van der Waals surface area contributed by atoms with Gasteiger partial charge in [0.1, 0.15) is 11.6 Å². The number of hydrogen-bond donors (Lipinski definition) is 1. The van der Waals surface area contributed by atoms with E-state index in [9.17, 15) is 18.7 Å². The van der Waals surface area contributed by atoms with Crippen LogP contribution in [0, 0.1) is 11.6 Å². The molecule has 1 heterocycles. The summed E-state index contributed by atoms with van der Waals surface area (Å²) in [4.78, 5) is 15.3. The number of benzene rings is 1. The second kappa shape index (κ2) is 5.85. The topological polar surface area (TPSA) is 43.8 Å². The van der Waals surface area contributed by atoms with Gasteiger partial charge in [0.05, 0.1) is 18.7 Å². The molecule has 6 heteroatoms. The lowest BCUT2D eigenvalue weighted by atomic mass is 10.0. The van der Waals surface area contributed by atoms with Crippen molar-refractivity contribution in [1.29, 1.82) is 0 Å². The summed E-state index contributed by atoms with van der Waals surface area (Å²) in [7, 11) is 3.50. The van der Waals surface area contributed by atoms with Gasteiger partial charge in [0.25, 0.3) is 0 Å². The Morgan fingerprint density at radius 2 is 2.15 bits per heavy atom.